The lowest BCUT2D eigenvalue weighted by molar-refractivity contribution is -0.119. The summed E-state index contributed by atoms with van der Waals surface area (Å²) in [5.41, 5.74) is 13.9. The summed E-state index contributed by atoms with van der Waals surface area (Å²) in [7, 11) is 0. The van der Waals surface area contributed by atoms with Gasteiger partial charge in [0, 0.05) is 18.6 Å². The fourth-order valence-corrected chi connectivity index (χ4v) is 2.04. The van der Waals surface area contributed by atoms with Crippen molar-refractivity contribution >= 4 is 5.91 Å². The van der Waals surface area contributed by atoms with E-state index in [1.807, 2.05) is 0 Å². The first-order valence-electron chi connectivity index (χ1n) is 5.59. The van der Waals surface area contributed by atoms with Gasteiger partial charge in [-0.25, -0.2) is 5.01 Å². The lowest BCUT2D eigenvalue weighted by Gasteiger charge is -2.39. The zero-order valence-corrected chi connectivity index (χ0v) is 9.57. The second-order valence-electron chi connectivity index (χ2n) is 4.41. The maximum absolute atomic E-state index is 10.8. The number of amides is 1. The van der Waals surface area contributed by atoms with E-state index in [2.05, 4.69) is 24.3 Å². The van der Waals surface area contributed by atoms with E-state index < -0.39 is 11.9 Å². The molecule has 0 aromatic rings. The van der Waals surface area contributed by atoms with Crippen LogP contribution in [0.25, 0.3) is 0 Å². The minimum atomic E-state index is -0.605. The molecule has 1 aliphatic rings. The van der Waals surface area contributed by atoms with E-state index in [0.29, 0.717) is 18.6 Å². The Kier molecular flexibility index (Phi) is 4.50. The number of primary amides is 1. The van der Waals surface area contributed by atoms with Crippen LogP contribution in [0.15, 0.2) is 0 Å². The fourth-order valence-electron chi connectivity index (χ4n) is 2.04. The van der Waals surface area contributed by atoms with Crippen molar-refractivity contribution < 1.29 is 4.79 Å². The number of carbonyl (C=O) groups is 1. The lowest BCUT2D eigenvalue weighted by Crippen LogP contribution is -2.56. The van der Waals surface area contributed by atoms with Gasteiger partial charge in [0.05, 0.1) is 6.04 Å². The van der Waals surface area contributed by atoms with Crippen LogP contribution in [0.5, 0.6) is 0 Å². The Morgan fingerprint density at radius 1 is 1.47 bits per heavy atom. The van der Waals surface area contributed by atoms with Gasteiger partial charge in [0.25, 0.3) is 0 Å². The zero-order chi connectivity index (χ0) is 11.4. The van der Waals surface area contributed by atoms with E-state index in [4.69, 9.17) is 11.5 Å². The van der Waals surface area contributed by atoms with Crippen LogP contribution < -0.4 is 16.9 Å². The molecule has 1 amide bonds. The summed E-state index contributed by atoms with van der Waals surface area (Å²) in [6, 6.07) is 0.383. The van der Waals surface area contributed by atoms with Crippen LogP contribution in [0, 0.1) is 0 Å². The Hall–Kier alpha value is -0.650. The molecule has 0 bridgehead atoms. The molecule has 0 aromatic heterocycles. The molecule has 0 radical (unpaired) electrons. The quantitative estimate of drug-likeness (QED) is 0.592. The Balaban J connectivity index is 2.38. The Bertz CT molecular complexity index is 211. The molecule has 3 atom stereocenters. The van der Waals surface area contributed by atoms with E-state index in [1.165, 1.54) is 19.3 Å². The molecule has 1 fully saturated rings. The predicted molar refractivity (Wildman–Crippen MR) is 59.8 cm³/mol. The van der Waals surface area contributed by atoms with Crippen molar-refractivity contribution in [3.63, 3.8) is 0 Å². The number of hydrazine groups is 1. The highest BCUT2D eigenvalue weighted by Crippen LogP contribution is 2.19. The molecule has 1 aliphatic heterocycles. The van der Waals surface area contributed by atoms with Crippen LogP contribution in [0.1, 0.15) is 33.1 Å². The van der Waals surface area contributed by atoms with Crippen LogP contribution in [0.2, 0.25) is 0 Å². The SMILES string of the molecule is CC1CCCC(C)N1NCC(N)C(N)=O. The van der Waals surface area contributed by atoms with E-state index in [1.54, 1.807) is 0 Å². The third kappa shape index (κ3) is 3.44. The van der Waals surface area contributed by atoms with Gasteiger partial charge in [-0.3, -0.25) is 10.2 Å². The topological polar surface area (TPSA) is 84.4 Å². The van der Waals surface area contributed by atoms with Crippen molar-refractivity contribution in [2.24, 2.45) is 11.5 Å². The van der Waals surface area contributed by atoms with Crippen LogP contribution in [-0.2, 0) is 4.79 Å². The first-order chi connectivity index (χ1) is 7.02. The van der Waals surface area contributed by atoms with Gasteiger partial charge in [0.1, 0.15) is 0 Å². The number of piperidine rings is 1. The van der Waals surface area contributed by atoms with Gasteiger partial charge < -0.3 is 11.5 Å². The highest BCUT2D eigenvalue weighted by Gasteiger charge is 2.25. The Morgan fingerprint density at radius 2 is 2.00 bits per heavy atom. The van der Waals surface area contributed by atoms with Crippen LogP contribution >= 0.6 is 0 Å². The third-order valence-corrected chi connectivity index (χ3v) is 3.05. The van der Waals surface area contributed by atoms with Crippen molar-refractivity contribution in [1.82, 2.24) is 10.4 Å². The monoisotopic (exact) mass is 214 g/mol. The molecule has 1 rings (SSSR count). The molecule has 0 saturated carbocycles. The van der Waals surface area contributed by atoms with E-state index >= 15 is 0 Å². The van der Waals surface area contributed by atoms with Gasteiger partial charge in [-0.1, -0.05) is 6.42 Å². The normalized spacial score (nSPS) is 30.1. The number of carbonyl (C=O) groups excluding carboxylic acids is 1. The highest BCUT2D eigenvalue weighted by atomic mass is 16.1. The molecule has 3 unspecified atom stereocenters. The smallest absolute Gasteiger partial charge is 0.235 e. The van der Waals surface area contributed by atoms with Crippen LogP contribution in [-0.4, -0.2) is 35.6 Å². The lowest BCUT2D eigenvalue weighted by atomic mass is 10.00. The second-order valence-corrected chi connectivity index (χ2v) is 4.41. The van der Waals surface area contributed by atoms with Gasteiger partial charge in [-0.2, -0.15) is 0 Å². The van der Waals surface area contributed by atoms with Crippen molar-refractivity contribution in [2.75, 3.05) is 6.54 Å². The van der Waals surface area contributed by atoms with Crippen molar-refractivity contribution in [1.29, 1.82) is 0 Å². The summed E-state index contributed by atoms with van der Waals surface area (Å²) in [5.74, 6) is -0.459. The minimum absolute atomic E-state index is 0.421. The molecule has 0 aromatic carbocycles. The molecule has 0 spiro atoms. The number of hydrogen-bond donors (Lipinski definition) is 3. The van der Waals surface area contributed by atoms with Crippen molar-refractivity contribution in [3.8, 4) is 0 Å². The van der Waals surface area contributed by atoms with Crippen LogP contribution in [0.3, 0.4) is 0 Å². The van der Waals surface area contributed by atoms with E-state index in [9.17, 15) is 4.79 Å². The average molecular weight is 214 g/mol. The summed E-state index contributed by atoms with van der Waals surface area (Å²) in [5, 5.41) is 2.19. The summed E-state index contributed by atoms with van der Waals surface area (Å²) < 4.78 is 0. The molecule has 1 saturated heterocycles. The summed E-state index contributed by atoms with van der Waals surface area (Å²) >= 11 is 0. The number of nitrogens with zero attached hydrogens (tertiary/aromatic N) is 1. The zero-order valence-electron chi connectivity index (χ0n) is 9.57. The third-order valence-electron chi connectivity index (χ3n) is 3.05. The molecule has 5 N–H and O–H groups in total. The fraction of sp³-hybridized carbons (Fsp3) is 0.900. The van der Waals surface area contributed by atoms with Gasteiger partial charge >= 0.3 is 0 Å². The molecular formula is C10H22N4O. The average Bonchev–Trinajstić information content (AvgIpc) is 2.16. The Labute approximate surface area is 91.1 Å². The van der Waals surface area contributed by atoms with Crippen molar-refractivity contribution in [3.05, 3.63) is 0 Å². The highest BCUT2D eigenvalue weighted by molar-refractivity contribution is 5.79. The summed E-state index contributed by atoms with van der Waals surface area (Å²) in [4.78, 5) is 10.8. The summed E-state index contributed by atoms with van der Waals surface area (Å²) in [6.45, 7) is 4.78. The molecule has 1 heterocycles. The molecule has 0 aliphatic carbocycles. The maximum Gasteiger partial charge on any atom is 0.235 e. The molecular weight excluding hydrogens is 192 g/mol. The first-order valence-corrected chi connectivity index (χ1v) is 5.59. The standard InChI is InChI=1S/C10H22N4O/c1-7-4-3-5-8(2)14(7)13-6-9(11)10(12)15/h7-9,13H,3-6,11H2,1-2H3,(H2,12,15). The number of nitrogens with one attached hydrogen (secondary N) is 1. The van der Waals surface area contributed by atoms with Gasteiger partial charge in [-0.05, 0) is 26.7 Å². The summed E-state index contributed by atoms with van der Waals surface area (Å²) in [6.07, 6.45) is 3.63. The van der Waals surface area contributed by atoms with Crippen LogP contribution in [0.4, 0.5) is 0 Å². The molecule has 5 heteroatoms. The predicted octanol–water partition coefficient (Wildman–Crippen LogP) is -0.433. The van der Waals surface area contributed by atoms with E-state index in [0.717, 1.165) is 0 Å². The first kappa shape index (κ1) is 12.4. The Morgan fingerprint density at radius 3 is 2.47 bits per heavy atom. The van der Waals surface area contributed by atoms with Gasteiger partial charge in [0.15, 0.2) is 0 Å². The minimum Gasteiger partial charge on any atom is -0.368 e. The van der Waals surface area contributed by atoms with E-state index in [-0.39, 0.29) is 0 Å². The number of hydrogen-bond acceptors (Lipinski definition) is 4. The second kappa shape index (κ2) is 5.44. The molecule has 88 valence electrons. The molecule has 5 nitrogen and oxygen atoms in total. The van der Waals surface area contributed by atoms with Gasteiger partial charge in [0.2, 0.25) is 5.91 Å². The largest absolute Gasteiger partial charge is 0.368 e. The number of nitrogens with two attached hydrogens (primary N) is 2. The van der Waals surface area contributed by atoms with Crippen molar-refractivity contribution in [2.45, 2.75) is 51.2 Å². The van der Waals surface area contributed by atoms with Gasteiger partial charge in [-0.15, -0.1) is 0 Å². The molecule has 15 heavy (non-hydrogen) atoms. The maximum atomic E-state index is 10.8. The number of rotatable bonds is 4.